The van der Waals surface area contributed by atoms with Gasteiger partial charge >= 0.3 is 0 Å². The molecule has 1 spiro atoms. The van der Waals surface area contributed by atoms with Crippen molar-refractivity contribution in [3.8, 4) is 0 Å². The van der Waals surface area contributed by atoms with Gasteiger partial charge in [0.15, 0.2) is 0 Å². The molecule has 5 nitrogen and oxygen atoms in total. The molecule has 3 aliphatic heterocycles. The van der Waals surface area contributed by atoms with Crippen molar-refractivity contribution in [3.63, 3.8) is 0 Å². The Morgan fingerprint density at radius 2 is 1.92 bits per heavy atom. The SMILES string of the molecule is CO[C@@H]1CCCOC12CCN(Cc1ccc(N3CCCC3=O)cc1)CC2. The van der Waals surface area contributed by atoms with E-state index in [9.17, 15) is 4.79 Å². The summed E-state index contributed by atoms with van der Waals surface area (Å²) >= 11 is 0. The summed E-state index contributed by atoms with van der Waals surface area (Å²) in [6.07, 6.45) is 6.22. The fourth-order valence-corrected chi connectivity index (χ4v) is 4.75. The van der Waals surface area contributed by atoms with Gasteiger partial charge in [-0.15, -0.1) is 0 Å². The second kappa shape index (κ2) is 7.67. The molecule has 3 fully saturated rings. The minimum atomic E-state index is -0.0660. The number of nitrogens with zero attached hydrogens (tertiary/aromatic N) is 2. The van der Waals surface area contributed by atoms with E-state index >= 15 is 0 Å². The van der Waals surface area contributed by atoms with Crippen LogP contribution in [-0.2, 0) is 20.8 Å². The number of methoxy groups -OCH3 is 1. The van der Waals surface area contributed by atoms with Crippen LogP contribution in [0.3, 0.4) is 0 Å². The summed E-state index contributed by atoms with van der Waals surface area (Å²) in [5.74, 6) is 0.249. The van der Waals surface area contributed by atoms with E-state index in [4.69, 9.17) is 9.47 Å². The number of carbonyl (C=O) groups excluding carboxylic acids is 1. The standard InChI is InChI=1S/C21H30N2O3/c1-25-19-4-3-15-26-21(19)10-13-22(14-11-21)16-17-6-8-18(9-7-17)23-12-2-5-20(23)24/h6-9,19H,2-5,10-16H2,1H3/t19-/m1/s1. The summed E-state index contributed by atoms with van der Waals surface area (Å²) in [6.45, 7) is 4.78. The third-order valence-corrected chi connectivity index (χ3v) is 6.30. The number of benzene rings is 1. The maximum atomic E-state index is 11.9. The van der Waals surface area contributed by atoms with Crippen LogP contribution >= 0.6 is 0 Å². The molecule has 0 saturated carbocycles. The quantitative estimate of drug-likeness (QED) is 0.830. The number of rotatable bonds is 4. The lowest BCUT2D eigenvalue weighted by atomic mass is 9.82. The molecule has 0 aliphatic carbocycles. The number of likely N-dealkylation sites (tertiary alicyclic amines) is 1. The maximum Gasteiger partial charge on any atom is 0.227 e. The van der Waals surface area contributed by atoms with Gasteiger partial charge in [-0.2, -0.15) is 0 Å². The van der Waals surface area contributed by atoms with E-state index in [1.807, 2.05) is 12.0 Å². The molecule has 3 heterocycles. The van der Waals surface area contributed by atoms with Crippen LogP contribution in [0.4, 0.5) is 5.69 Å². The van der Waals surface area contributed by atoms with E-state index in [1.165, 1.54) is 5.56 Å². The van der Waals surface area contributed by atoms with Crippen molar-refractivity contribution in [2.45, 2.75) is 56.8 Å². The Morgan fingerprint density at radius 3 is 2.58 bits per heavy atom. The van der Waals surface area contributed by atoms with Gasteiger partial charge in [-0.1, -0.05) is 12.1 Å². The lowest BCUT2D eigenvalue weighted by molar-refractivity contribution is -0.186. The molecule has 0 N–H and O–H groups in total. The zero-order valence-electron chi connectivity index (χ0n) is 15.8. The van der Waals surface area contributed by atoms with Crippen LogP contribution in [-0.4, -0.2) is 55.9 Å². The lowest BCUT2D eigenvalue weighted by Gasteiger charge is -2.48. The van der Waals surface area contributed by atoms with Crippen molar-refractivity contribution in [3.05, 3.63) is 29.8 Å². The van der Waals surface area contributed by atoms with E-state index in [0.29, 0.717) is 6.42 Å². The van der Waals surface area contributed by atoms with E-state index in [-0.39, 0.29) is 17.6 Å². The Balaban J connectivity index is 1.33. The molecule has 5 heteroatoms. The second-order valence-corrected chi connectivity index (χ2v) is 7.87. The number of hydrogen-bond acceptors (Lipinski definition) is 4. The van der Waals surface area contributed by atoms with Crippen molar-refractivity contribution >= 4 is 11.6 Å². The number of ether oxygens (including phenoxy) is 2. The summed E-state index contributed by atoms with van der Waals surface area (Å²) in [7, 11) is 1.82. The van der Waals surface area contributed by atoms with Gasteiger partial charge in [0, 0.05) is 52.0 Å². The van der Waals surface area contributed by atoms with Crippen LogP contribution < -0.4 is 4.90 Å². The normalized spacial score (nSPS) is 26.6. The van der Waals surface area contributed by atoms with Crippen molar-refractivity contribution < 1.29 is 14.3 Å². The summed E-state index contributed by atoms with van der Waals surface area (Å²) < 4.78 is 11.9. The zero-order chi connectivity index (χ0) is 18.0. The van der Waals surface area contributed by atoms with Crippen LogP contribution in [0.15, 0.2) is 24.3 Å². The number of carbonyl (C=O) groups is 1. The Morgan fingerprint density at radius 1 is 1.15 bits per heavy atom. The molecular weight excluding hydrogens is 328 g/mol. The molecule has 0 unspecified atom stereocenters. The molecule has 142 valence electrons. The minimum absolute atomic E-state index is 0.0660. The smallest absolute Gasteiger partial charge is 0.227 e. The Kier molecular flexibility index (Phi) is 5.30. The first-order valence-corrected chi connectivity index (χ1v) is 9.99. The number of amides is 1. The van der Waals surface area contributed by atoms with Gasteiger partial charge in [0.05, 0.1) is 11.7 Å². The summed E-state index contributed by atoms with van der Waals surface area (Å²) in [5.41, 5.74) is 2.28. The molecule has 26 heavy (non-hydrogen) atoms. The van der Waals surface area contributed by atoms with E-state index in [2.05, 4.69) is 29.2 Å². The van der Waals surface area contributed by atoms with Crippen LogP contribution in [0.5, 0.6) is 0 Å². The Labute approximate surface area is 156 Å². The van der Waals surface area contributed by atoms with Crippen molar-refractivity contribution in [2.75, 3.05) is 38.3 Å². The topological polar surface area (TPSA) is 42.0 Å². The third kappa shape index (κ3) is 3.53. The van der Waals surface area contributed by atoms with Crippen LogP contribution in [0.2, 0.25) is 0 Å². The monoisotopic (exact) mass is 358 g/mol. The van der Waals surface area contributed by atoms with Crippen LogP contribution in [0.25, 0.3) is 0 Å². The van der Waals surface area contributed by atoms with E-state index < -0.39 is 0 Å². The molecule has 0 radical (unpaired) electrons. The largest absolute Gasteiger partial charge is 0.378 e. The highest BCUT2D eigenvalue weighted by molar-refractivity contribution is 5.95. The fraction of sp³-hybridized carbons (Fsp3) is 0.667. The van der Waals surface area contributed by atoms with Crippen molar-refractivity contribution in [1.29, 1.82) is 0 Å². The summed E-state index contributed by atoms with van der Waals surface area (Å²) in [6, 6.07) is 8.52. The maximum absolute atomic E-state index is 11.9. The van der Waals surface area contributed by atoms with Crippen LogP contribution in [0.1, 0.15) is 44.1 Å². The molecule has 3 saturated heterocycles. The first-order valence-electron chi connectivity index (χ1n) is 9.99. The number of piperidine rings is 1. The van der Waals surface area contributed by atoms with Gasteiger partial charge in [-0.3, -0.25) is 9.69 Å². The lowest BCUT2D eigenvalue weighted by Crippen LogP contribution is -2.55. The highest BCUT2D eigenvalue weighted by atomic mass is 16.5. The van der Waals surface area contributed by atoms with Gasteiger partial charge in [0.1, 0.15) is 0 Å². The number of anilines is 1. The molecule has 0 bridgehead atoms. The van der Waals surface area contributed by atoms with Gasteiger partial charge in [0.25, 0.3) is 0 Å². The third-order valence-electron chi connectivity index (χ3n) is 6.30. The minimum Gasteiger partial charge on any atom is -0.378 e. The molecule has 1 amide bonds. The first kappa shape index (κ1) is 18.0. The molecule has 1 atom stereocenters. The predicted molar refractivity (Wildman–Crippen MR) is 101 cm³/mol. The first-order chi connectivity index (χ1) is 12.7. The molecule has 0 aromatic heterocycles. The summed E-state index contributed by atoms with van der Waals surface area (Å²) in [4.78, 5) is 16.3. The zero-order valence-corrected chi connectivity index (χ0v) is 15.8. The highest BCUT2D eigenvalue weighted by Gasteiger charge is 2.44. The van der Waals surface area contributed by atoms with E-state index in [1.54, 1.807) is 0 Å². The van der Waals surface area contributed by atoms with Crippen LogP contribution in [0, 0.1) is 0 Å². The Bertz CT molecular complexity index is 623. The van der Waals surface area contributed by atoms with Gasteiger partial charge in [-0.25, -0.2) is 0 Å². The molecule has 3 aliphatic rings. The molecular formula is C21H30N2O3. The Hall–Kier alpha value is -1.43. The predicted octanol–water partition coefficient (Wildman–Crippen LogP) is 2.97. The second-order valence-electron chi connectivity index (χ2n) is 7.87. The van der Waals surface area contributed by atoms with Gasteiger partial charge < -0.3 is 14.4 Å². The average Bonchev–Trinajstić information content (AvgIpc) is 3.11. The number of hydrogen-bond donors (Lipinski definition) is 0. The van der Waals surface area contributed by atoms with E-state index in [0.717, 1.165) is 70.6 Å². The molecule has 4 rings (SSSR count). The molecule has 1 aromatic rings. The average molecular weight is 358 g/mol. The summed E-state index contributed by atoms with van der Waals surface area (Å²) in [5, 5.41) is 0. The van der Waals surface area contributed by atoms with Crippen molar-refractivity contribution in [1.82, 2.24) is 4.90 Å². The van der Waals surface area contributed by atoms with Crippen molar-refractivity contribution in [2.24, 2.45) is 0 Å². The highest BCUT2D eigenvalue weighted by Crippen LogP contribution is 2.37. The van der Waals surface area contributed by atoms with Gasteiger partial charge in [0.2, 0.25) is 5.91 Å². The molecule has 1 aromatic carbocycles. The van der Waals surface area contributed by atoms with Gasteiger partial charge in [-0.05, 0) is 49.8 Å². The fourth-order valence-electron chi connectivity index (χ4n) is 4.75.